The Bertz CT molecular complexity index is 537. The number of hydrogen-bond donors (Lipinski definition) is 1. The Labute approximate surface area is 111 Å². The number of ether oxygens (including phenoxy) is 1. The van der Waals surface area contributed by atoms with Gasteiger partial charge in [-0.15, -0.1) is 0 Å². The van der Waals surface area contributed by atoms with Crippen LogP contribution in [0, 0.1) is 0 Å². The van der Waals surface area contributed by atoms with Gasteiger partial charge in [0.25, 0.3) is 0 Å². The fraction of sp³-hybridized carbons (Fsp3) is 0.308. The van der Waals surface area contributed by atoms with Gasteiger partial charge in [-0.2, -0.15) is 5.10 Å². The first-order valence-electron chi connectivity index (χ1n) is 5.77. The van der Waals surface area contributed by atoms with Crippen molar-refractivity contribution in [3.8, 4) is 5.75 Å². The number of benzene rings is 1. The largest absolute Gasteiger partial charge is 0.488 e. The first kappa shape index (κ1) is 12.8. The second-order valence-electron chi connectivity index (χ2n) is 4.40. The molecule has 0 fully saturated rings. The van der Waals surface area contributed by atoms with E-state index in [1.54, 1.807) is 16.9 Å². The maximum absolute atomic E-state index is 5.88. The van der Waals surface area contributed by atoms with E-state index in [-0.39, 0.29) is 6.10 Å². The molecule has 96 valence electrons. The molecule has 1 heterocycles. The van der Waals surface area contributed by atoms with Gasteiger partial charge in [-0.3, -0.25) is 4.68 Å². The standard InChI is InChI=1S/C13H16ClN3O/c1-9(2)18-11-6-16-17(8-11)7-10-3-4-12(14)13(15)5-10/h3-6,8-9H,7,15H2,1-2H3. The Hall–Kier alpha value is -1.68. The van der Waals surface area contributed by atoms with Crippen molar-refractivity contribution in [2.24, 2.45) is 0 Å². The van der Waals surface area contributed by atoms with E-state index in [0.717, 1.165) is 11.3 Å². The summed E-state index contributed by atoms with van der Waals surface area (Å²) in [6.45, 7) is 4.61. The van der Waals surface area contributed by atoms with Crippen LogP contribution in [-0.4, -0.2) is 15.9 Å². The molecule has 5 heteroatoms. The summed E-state index contributed by atoms with van der Waals surface area (Å²) < 4.78 is 7.35. The van der Waals surface area contributed by atoms with Crippen LogP contribution < -0.4 is 10.5 Å². The number of nitrogen functional groups attached to an aromatic ring is 1. The second-order valence-corrected chi connectivity index (χ2v) is 4.80. The fourth-order valence-electron chi connectivity index (χ4n) is 1.64. The number of halogens is 1. The van der Waals surface area contributed by atoms with Crippen molar-refractivity contribution in [1.82, 2.24) is 9.78 Å². The van der Waals surface area contributed by atoms with Crippen LogP contribution in [0.5, 0.6) is 5.75 Å². The van der Waals surface area contributed by atoms with Gasteiger partial charge in [-0.25, -0.2) is 0 Å². The smallest absolute Gasteiger partial charge is 0.157 e. The van der Waals surface area contributed by atoms with Crippen LogP contribution in [0.15, 0.2) is 30.6 Å². The highest BCUT2D eigenvalue weighted by atomic mass is 35.5. The van der Waals surface area contributed by atoms with E-state index in [1.807, 2.05) is 32.2 Å². The predicted octanol–water partition coefficient (Wildman–Crippen LogP) is 2.95. The summed E-state index contributed by atoms with van der Waals surface area (Å²) in [6, 6.07) is 5.58. The van der Waals surface area contributed by atoms with Gasteiger partial charge in [-0.1, -0.05) is 17.7 Å². The monoisotopic (exact) mass is 265 g/mol. The molecule has 1 aromatic heterocycles. The molecule has 2 N–H and O–H groups in total. The number of anilines is 1. The normalized spacial score (nSPS) is 10.9. The molecule has 1 aromatic carbocycles. The maximum Gasteiger partial charge on any atom is 0.157 e. The lowest BCUT2D eigenvalue weighted by atomic mass is 10.2. The third-order valence-electron chi connectivity index (χ3n) is 2.39. The zero-order chi connectivity index (χ0) is 13.1. The molecule has 0 aliphatic carbocycles. The summed E-state index contributed by atoms with van der Waals surface area (Å²) in [5.74, 6) is 0.770. The molecule has 18 heavy (non-hydrogen) atoms. The zero-order valence-electron chi connectivity index (χ0n) is 10.4. The number of aromatic nitrogens is 2. The molecular weight excluding hydrogens is 250 g/mol. The van der Waals surface area contributed by atoms with Crippen LogP contribution in [0.1, 0.15) is 19.4 Å². The summed E-state index contributed by atoms with van der Waals surface area (Å²) in [4.78, 5) is 0. The van der Waals surface area contributed by atoms with Crippen LogP contribution >= 0.6 is 11.6 Å². The molecule has 0 radical (unpaired) electrons. The van der Waals surface area contributed by atoms with E-state index in [9.17, 15) is 0 Å². The number of rotatable bonds is 4. The van der Waals surface area contributed by atoms with Crippen LogP contribution in [0.3, 0.4) is 0 Å². The molecule has 0 unspecified atom stereocenters. The molecule has 0 aliphatic heterocycles. The van der Waals surface area contributed by atoms with Crippen molar-refractivity contribution in [1.29, 1.82) is 0 Å². The Morgan fingerprint density at radius 3 is 2.89 bits per heavy atom. The van der Waals surface area contributed by atoms with Crippen LogP contribution in [-0.2, 0) is 6.54 Å². The summed E-state index contributed by atoms with van der Waals surface area (Å²) in [5.41, 5.74) is 7.39. The summed E-state index contributed by atoms with van der Waals surface area (Å²) in [5, 5.41) is 4.81. The van der Waals surface area contributed by atoms with Crippen LogP contribution in [0.2, 0.25) is 5.02 Å². The van der Waals surface area contributed by atoms with Gasteiger partial charge in [0, 0.05) is 0 Å². The average molecular weight is 266 g/mol. The Balaban J connectivity index is 2.08. The first-order valence-corrected chi connectivity index (χ1v) is 6.15. The van der Waals surface area contributed by atoms with Gasteiger partial charge in [0.15, 0.2) is 5.75 Å². The Morgan fingerprint density at radius 1 is 1.44 bits per heavy atom. The van der Waals surface area contributed by atoms with E-state index < -0.39 is 0 Å². The van der Waals surface area contributed by atoms with E-state index >= 15 is 0 Å². The topological polar surface area (TPSA) is 53.1 Å². The minimum Gasteiger partial charge on any atom is -0.488 e. The number of hydrogen-bond acceptors (Lipinski definition) is 3. The van der Waals surface area contributed by atoms with Crippen molar-refractivity contribution in [2.45, 2.75) is 26.5 Å². The van der Waals surface area contributed by atoms with Crippen molar-refractivity contribution in [3.05, 3.63) is 41.2 Å². The highest BCUT2D eigenvalue weighted by Gasteiger charge is 2.04. The van der Waals surface area contributed by atoms with Gasteiger partial charge in [0.2, 0.25) is 0 Å². The molecule has 0 amide bonds. The minimum atomic E-state index is 0.147. The van der Waals surface area contributed by atoms with E-state index in [2.05, 4.69) is 5.10 Å². The molecule has 0 saturated carbocycles. The second kappa shape index (κ2) is 5.31. The SMILES string of the molecule is CC(C)Oc1cnn(Cc2ccc(Cl)c(N)c2)c1. The molecule has 2 aromatic rings. The zero-order valence-corrected chi connectivity index (χ0v) is 11.2. The average Bonchev–Trinajstić information content (AvgIpc) is 2.70. The summed E-state index contributed by atoms with van der Waals surface area (Å²) >= 11 is 5.88. The quantitative estimate of drug-likeness (QED) is 0.865. The minimum absolute atomic E-state index is 0.147. The van der Waals surface area contributed by atoms with Gasteiger partial charge >= 0.3 is 0 Å². The van der Waals surface area contributed by atoms with E-state index in [0.29, 0.717) is 17.3 Å². The lowest BCUT2D eigenvalue weighted by Crippen LogP contribution is -2.05. The Kier molecular flexibility index (Phi) is 3.77. The highest BCUT2D eigenvalue weighted by molar-refractivity contribution is 6.33. The molecule has 0 spiro atoms. The molecule has 0 bridgehead atoms. The first-order chi connectivity index (χ1) is 8.54. The van der Waals surface area contributed by atoms with E-state index in [4.69, 9.17) is 22.1 Å². The third kappa shape index (κ3) is 3.17. The molecule has 2 rings (SSSR count). The lowest BCUT2D eigenvalue weighted by Gasteiger charge is -2.06. The Morgan fingerprint density at radius 2 is 2.22 bits per heavy atom. The molecule has 0 saturated heterocycles. The fourth-order valence-corrected chi connectivity index (χ4v) is 1.76. The van der Waals surface area contributed by atoms with Crippen molar-refractivity contribution in [3.63, 3.8) is 0 Å². The van der Waals surface area contributed by atoms with Crippen LogP contribution in [0.4, 0.5) is 5.69 Å². The van der Waals surface area contributed by atoms with Gasteiger partial charge in [0.05, 0.1) is 35.8 Å². The van der Waals surface area contributed by atoms with Crippen LogP contribution in [0.25, 0.3) is 0 Å². The number of nitrogens with zero attached hydrogens (tertiary/aromatic N) is 2. The van der Waals surface area contributed by atoms with Crippen molar-refractivity contribution < 1.29 is 4.74 Å². The third-order valence-corrected chi connectivity index (χ3v) is 2.73. The van der Waals surface area contributed by atoms with Gasteiger partial charge in [0.1, 0.15) is 0 Å². The van der Waals surface area contributed by atoms with Gasteiger partial charge in [-0.05, 0) is 31.5 Å². The van der Waals surface area contributed by atoms with Crippen molar-refractivity contribution in [2.75, 3.05) is 5.73 Å². The molecule has 0 atom stereocenters. The lowest BCUT2D eigenvalue weighted by molar-refractivity contribution is 0.242. The number of nitrogens with two attached hydrogens (primary N) is 1. The molecular formula is C13H16ClN3O. The maximum atomic E-state index is 5.88. The molecule has 4 nitrogen and oxygen atoms in total. The van der Waals surface area contributed by atoms with Gasteiger partial charge < -0.3 is 10.5 Å². The predicted molar refractivity (Wildman–Crippen MR) is 73.0 cm³/mol. The molecule has 0 aliphatic rings. The highest BCUT2D eigenvalue weighted by Crippen LogP contribution is 2.20. The van der Waals surface area contributed by atoms with Crippen molar-refractivity contribution >= 4 is 17.3 Å². The summed E-state index contributed by atoms with van der Waals surface area (Å²) in [6.07, 6.45) is 3.72. The van der Waals surface area contributed by atoms with E-state index in [1.165, 1.54) is 0 Å². The summed E-state index contributed by atoms with van der Waals surface area (Å²) in [7, 11) is 0.